The Labute approximate surface area is 190 Å². The molecule has 0 saturated carbocycles. The first-order valence-electron chi connectivity index (χ1n) is 10.7. The molecule has 0 fully saturated rings. The number of aliphatic hydroxyl groups is 1. The van der Waals surface area contributed by atoms with Gasteiger partial charge in [0.25, 0.3) is 0 Å². The van der Waals surface area contributed by atoms with Crippen LogP contribution in [0.4, 0.5) is 0 Å². The summed E-state index contributed by atoms with van der Waals surface area (Å²) in [4.78, 5) is 4.09. The normalized spacial score (nSPS) is 15.0. The summed E-state index contributed by atoms with van der Waals surface area (Å²) in [7, 11) is 3.30. The molecule has 0 radical (unpaired) electrons. The number of hydrogen-bond acceptors (Lipinski definition) is 6. The molecule has 0 bridgehead atoms. The van der Waals surface area contributed by atoms with Crippen LogP contribution in [0.25, 0.3) is 0 Å². The van der Waals surface area contributed by atoms with Gasteiger partial charge in [-0.15, -0.1) is 0 Å². The Kier molecular flexibility index (Phi) is 7.72. The minimum atomic E-state index is -1.29. The first kappa shape index (κ1) is 23.6. The van der Waals surface area contributed by atoms with Crippen molar-refractivity contribution in [3.63, 3.8) is 0 Å². The molecule has 3 atom stereocenters. The number of aromatic nitrogens is 1. The molecule has 6 nitrogen and oxygen atoms in total. The molecule has 0 aliphatic carbocycles. The number of aliphatic hydroxyl groups excluding tert-OH is 1. The van der Waals surface area contributed by atoms with Gasteiger partial charge in [-0.2, -0.15) is 0 Å². The van der Waals surface area contributed by atoms with E-state index >= 15 is 0 Å². The van der Waals surface area contributed by atoms with Crippen LogP contribution in [0.5, 0.6) is 17.2 Å². The highest BCUT2D eigenvalue weighted by Gasteiger charge is 2.41. The summed E-state index contributed by atoms with van der Waals surface area (Å²) in [5.74, 6) is 1.95. The maximum atomic E-state index is 10.6. The van der Waals surface area contributed by atoms with Crippen LogP contribution < -0.4 is 19.9 Å². The zero-order valence-corrected chi connectivity index (χ0v) is 19.1. The number of nitrogens with two attached hydrogens (primary N) is 1. The standard InChI is InChI=1S/C26H32N2O4/c1-18(26(27,19(2)29)32-24-6-5-15-28-17-24)16-25(20-7-11-22(30-3)12-8-20)21-9-13-23(31-4)14-10-21/h5-15,17-19,25,29H,16,27H2,1-4H3/t18-,19?,26?/m1/s1. The molecule has 3 aromatic rings. The Hall–Kier alpha value is -3.09. The van der Waals surface area contributed by atoms with Gasteiger partial charge in [0.1, 0.15) is 23.4 Å². The van der Waals surface area contributed by atoms with Crippen molar-refractivity contribution < 1.29 is 19.3 Å². The van der Waals surface area contributed by atoms with Gasteiger partial charge < -0.3 is 19.3 Å². The summed E-state index contributed by atoms with van der Waals surface area (Å²) in [6.45, 7) is 3.66. The SMILES string of the molecule is COc1ccc(C(C[C@@H](C)C(N)(Oc2cccnc2)C(C)O)c2ccc(OC)cc2)cc1. The van der Waals surface area contributed by atoms with Gasteiger partial charge in [0, 0.05) is 18.0 Å². The molecule has 170 valence electrons. The van der Waals surface area contributed by atoms with E-state index in [-0.39, 0.29) is 11.8 Å². The van der Waals surface area contributed by atoms with Crippen LogP contribution in [-0.2, 0) is 0 Å². The Morgan fingerprint density at radius 1 is 0.875 bits per heavy atom. The van der Waals surface area contributed by atoms with E-state index in [4.69, 9.17) is 19.9 Å². The first-order valence-corrected chi connectivity index (χ1v) is 10.7. The third-order valence-electron chi connectivity index (χ3n) is 5.98. The maximum Gasteiger partial charge on any atom is 0.186 e. The summed E-state index contributed by atoms with van der Waals surface area (Å²) >= 11 is 0. The van der Waals surface area contributed by atoms with Crippen LogP contribution in [-0.4, -0.2) is 36.1 Å². The molecule has 32 heavy (non-hydrogen) atoms. The molecule has 0 saturated heterocycles. The van der Waals surface area contributed by atoms with Crippen molar-refractivity contribution in [2.75, 3.05) is 14.2 Å². The number of nitrogens with zero attached hydrogens (tertiary/aromatic N) is 1. The number of pyridine rings is 1. The number of benzene rings is 2. The highest BCUT2D eigenvalue weighted by Crippen LogP contribution is 2.37. The molecule has 2 aromatic carbocycles. The van der Waals surface area contributed by atoms with Crippen molar-refractivity contribution >= 4 is 0 Å². The van der Waals surface area contributed by atoms with Crippen molar-refractivity contribution in [2.24, 2.45) is 11.7 Å². The quantitative estimate of drug-likeness (QED) is 0.459. The van der Waals surface area contributed by atoms with Gasteiger partial charge in [-0.1, -0.05) is 31.2 Å². The lowest BCUT2D eigenvalue weighted by molar-refractivity contribution is -0.0802. The zero-order valence-electron chi connectivity index (χ0n) is 19.1. The second-order valence-corrected chi connectivity index (χ2v) is 8.06. The van der Waals surface area contributed by atoms with E-state index in [0.717, 1.165) is 22.6 Å². The Balaban J connectivity index is 1.93. The molecular weight excluding hydrogens is 404 g/mol. The third kappa shape index (κ3) is 5.39. The minimum absolute atomic E-state index is 0.0287. The largest absolute Gasteiger partial charge is 0.497 e. The van der Waals surface area contributed by atoms with Crippen LogP contribution >= 0.6 is 0 Å². The molecule has 6 heteroatoms. The predicted octanol–water partition coefficient (Wildman–Crippen LogP) is 4.37. The topological polar surface area (TPSA) is 86.8 Å². The first-order chi connectivity index (χ1) is 15.4. The lowest BCUT2D eigenvalue weighted by atomic mass is 9.79. The van der Waals surface area contributed by atoms with E-state index in [2.05, 4.69) is 29.2 Å². The van der Waals surface area contributed by atoms with Crippen LogP contribution in [0.1, 0.15) is 37.3 Å². The average Bonchev–Trinajstić information content (AvgIpc) is 2.83. The Morgan fingerprint density at radius 2 is 1.41 bits per heavy atom. The predicted molar refractivity (Wildman–Crippen MR) is 125 cm³/mol. The summed E-state index contributed by atoms with van der Waals surface area (Å²) in [6, 6.07) is 19.6. The molecule has 3 N–H and O–H groups in total. The molecule has 3 rings (SSSR count). The number of ether oxygens (including phenoxy) is 3. The average molecular weight is 437 g/mol. The molecular formula is C26H32N2O4. The molecule has 0 amide bonds. The number of methoxy groups -OCH3 is 2. The van der Waals surface area contributed by atoms with E-state index < -0.39 is 11.8 Å². The molecule has 2 unspecified atom stereocenters. The second kappa shape index (κ2) is 10.5. The van der Waals surface area contributed by atoms with Gasteiger partial charge in [-0.3, -0.25) is 10.7 Å². The van der Waals surface area contributed by atoms with Gasteiger partial charge in [0.15, 0.2) is 5.72 Å². The fourth-order valence-electron chi connectivity index (χ4n) is 3.88. The smallest absolute Gasteiger partial charge is 0.186 e. The van der Waals surface area contributed by atoms with Gasteiger partial charge in [-0.05, 0) is 60.9 Å². The summed E-state index contributed by atoms with van der Waals surface area (Å²) < 4.78 is 16.7. The third-order valence-corrected chi connectivity index (χ3v) is 5.98. The molecule has 1 aromatic heterocycles. The van der Waals surface area contributed by atoms with Gasteiger partial charge >= 0.3 is 0 Å². The van der Waals surface area contributed by atoms with E-state index in [1.807, 2.05) is 31.2 Å². The van der Waals surface area contributed by atoms with Crippen LogP contribution in [0, 0.1) is 5.92 Å². The lowest BCUT2D eigenvalue weighted by Crippen LogP contribution is -2.59. The van der Waals surface area contributed by atoms with E-state index in [1.165, 1.54) is 0 Å². The zero-order chi connectivity index (χ0) is 23.1. The number of rotatable bonds is 10. The van der Waals surface area contributed by atoms with E-state index in [9.17, 15) is 5.11 Å². The van der Waals surface area contributed by atoms with E-state index in [1.54, 1.807) is 45.7 Å². The van der Waals surface area contributed by atoms with Crippen molar-refractivity contribution in [1.82, 2.24) is 4.98 Å². The van der Waals surface area contributed by atoms with Crippen molar-refractivity contribution in [1.29, 1.82) is 0 Å². The minimum Gasteiger partial charge on any atom is -0.497 e. The van der Waals surface area contributed by atoms with Crippen LogP contribution in [0.2, 0.25) is 0 Å². The fourth-order valence-corrected chi connectivity index (χ4v) is 3.88. The van der Waals surface area contributed by atoms with Gasteiger partial charge in [0.2, 0.25) is 0 Å². The highest BCUT2D eigenvalue weighted by molar-refractivity contribution is 5.38. The van der Waals surface area contributed by atoms with Crippen molar-refractivity contribution in [3.05, 3.63) is 84.2 Å². The maximum absolute atomic E-state index is 10.6. The molecule has 0 spiro atoms. The fraction of sp³-hybridized carbons (Fsp3) is 0.346. The van der Waals surface area contributed by atoms with Gasteiger partial charge in [-0.25, -0.2) is 0 Å². The van der Waals surface area contributed by atoms with Crippen molar-refractivity contribution in [3.8, 4) is 17.2 Å². The summed E-state index contributed by atoms with van der Waals surface area (Å²) in [5, 5.41) is 10.6. The lowest BCUT2D eigenvalue weighted by Gasteiger charge is -2.39. The van der Waals surface area contributed by atoms with Crippen LogP contribution in [0.15, 0.2) is 73.1 Å². The summed E-state index contributed by atoms with van der Waals surface area (Å²) in [6.07, 6.45) is 3.02. The number of hydrogen-bond donors (Lipinski definition) is 2. The molecule has 1 heterocycles. The monoisotopic (exact) mass is 436 g/mol. The van der Waals surface area contributed by atoms with E-state index in [0.29, 0.717) is 12.2 Å². The van der Waals surface area contributed by atoms with Gasteiger partial charge in [0.05, 0.1) is 20.4 Å². The Bertz CT molecular complexity index is 914. The Morgan fingerprint density at radius 3 is 1.81 bits per heavy atom. The summed E-state index contributed by atoms with van der Waals surface area (Å²) in [5.41, 5.74) is 7.63. The molecule has 0 aliphatic heterocycles. The van der Waals surface area contributed by atoms with Crippen molar-refractivity contribution in [2.45, 2.75) is 38.0 Å². The van der Waals surface area contributed by atoms with Crippen LogP contribution in [0.3, 0.4) is 0 Å². The molecule has 0 aliphatic rings. The highest BCUT2D eigenvalue weighted by atomic mass is 16.5. The second-order valence-electron chi connectivity index (χ2n) is 8.06.